The Morgan fingerprint density at radius 3 is 2.67 bits per heavy atom. The maximum Gasteiger partial charge on any atom is 0.416 e. The number of carboxylic acids is 1. The number of carboxylic acid groups (broad SMARTS) is 1. The van der Waals surface area contributed by atoms with Crippen LogP contribution in [-0.4, -0.2) is 20.9 Å². The third-order valence-corrected chi connectivity index (χ3v) is 2.57. The molecule has 0 amide bonds. The lowest BCUT2D eigenvalue weighted by Crippen LogP contribution is -2.04. The van der Waals surface area contributed by atoms with Gasteiger partial charge < -0.3 is 5.11 Å². The molecule has 1 N–H and O–H groups in total. The van der Waals surface area contributed by atoms with Crippen molar-refractivity contribution in [1.82, 2.24) is 9.78 Å². The monoisotopic (exact) mass is 258 g/mol. The van der Waals surface area contributed by atoms with E-state index in [4.69, 9.17) is 5.11 Å². The zero-order valence-electron chi connectivity index (χ0n) is 9.32. The molecule has 0 spiro atoms. The first-order chi connectivity index (χ1) is 8.29. The number of rotatable bonds is 2. The molecule has 0 saturated heterocycles. The smallest absolute Gasteiger partial charge is 0.416 e. The van der Waals surface area contributed by atoms with Crippen molar-refractivity contribution in [1.29, 1.82) is 0 Å². The molecular formula is C11H9F3N2O2. The molecule has 4 nitrogen and oxygen atoms in total. The molecule has 2 rings (SSSR count). The average Bonchev–Trinajstić information content (AvgIpc) is 2.53. The minimum absolute atomic E-state index is 0.258. The van der Waals surface area contributed by atoms with Crippen LogP contribution in [-0.2, 0) is 24.4 Å². The van der Waals surface area contributed by atoms with Crippen molar-refractivity contribution in [2.75, 3.05) is 0 Å². The number of hydrogen-bond donors (Lipinski definition) is 1. The summed E-state index contributed by atoms with van der Waals surface area (Å²) >= 11 is 0. The molecule has 1 aromatic heterocycles. The van der Waals surface area contributed by atoms with Gasteiger partial charge in [0.1, 0.15) is 0 Å². The number of alkyl halides is 3. The Labute approximate surface area is 99.6 Å². The second-order valence-corrected chi connectivity index (χ2v) is 3.87. The summed E-state index contributed by atoms with van der Waals surface area (Å²) < 4.78 is 38.9. The highest BCUT2D eigenvalue weighted by Gasteiger charge is 2.31. The topological polar surface area (TPSA) is 55.1 Å². The van der Waals surface area contributed by atoms with Gasteiger partial charge in [0.2, 0.25) is 0 Å². The fourth-order valence-electron chi connectivity index (χ4n) is 1.78. The summed E-state index contributed by atoms with van der Waals surface area (Å²) in [4.78, 5) is 10.6. The van der Waals surface area contributed by atoms with Crippen LogP contribution in [0.1, 0.15) is 11.3 Å². The molecule has 1 heterocycles. The lowest BCUT2D eigenvalue weighted by atomic mass is 10.1. The second-order valence-electron chi connectivity index (χ2n) is 3.87. The van der Waals surface area contributed by atoms with Crippen LogP contribution in [0.15, 0.2) is 18.2 Å². The van der Waals surface area contributed by atoms with Crippen LogP contribution in [0.3, 0.4) is 0 Å². The van der Waals surface area contributed by atoms with Gasteiger partial charge in [-0.25, -0.2) is 0 Å². The zero-order valence-corrected chi connectivity index (χ0v) is 9.32. The van der Waals surface area contributed by atoms with Gasteiger partial charge in [0.05, 0.1) is 23.2 Å². The van der Waals surface area contributed by atoms with Crippen LogP contribution in [0.2, 0.25) is 0 Å². The number of fused-ring (bicyclic) bond motifs is 1. The predicted octanol–water partition coefficient (Wildman–Crippen LogP) is 2.22. The van der Waals surface area contributed by atoms with E-state index in [2.05, 4.69) is 5.10 Å². The molecule has 7 heteroatoms. The summed E-state index contributed by atoms with van der Waals surface area (Å²) in [5.41, 5.74) is -0.255. The normalized spacial score (nSPS) is 12.0. The Balaban J connectivity index is 2.59. The van der Waals surface area contributed by atoms with Gasteiger partial charge in [-0.05, 0) is 12.1 Å². The molecule has 0 radical (unpaired) electrons. The number of aromatic nitrogens is 2. The third kappa shape index (κ3) is 2.15. The van der Waals surface area contributed by atoms with E-state index in [0.717, 1.165) is 12.1 Å². The molecule has 18 heavy (non-hydrogen) atoms. The molecule has 2 aromatic rings. The summed E-state index contributed by atoms with van der Waals surface area (Å²) in [6, 6.07) is 3.15. The fourth-order valence-corrected chi connectivity index (χ4v) is 1.78. The second kappa shape index (κ2) is 4.01. The van der Waals surface area contributed by atoms with E-state index in [1.165, 1.54) is 17.8 Å². The SMILES string of the molecule is Cn1nc(CC(=O)O)c2ccc(C(F)(F)F)cc21. The summed E-state index contributed by atoms with van der Waals surface area (Å²) in [7, 11) is 1.48. The molecule has 1 aromatic carbocycles. The zero-order chi connectivity index (χ0) is 13.5. The van der Waals surface area contributed by atoms with Gasteiger partial charge in [-0.2, -0.15) is 18.3 Å². The number of nitrogens with zero attached hydrogens (tertiary/aromatic N) is 2. The Morgan fingerprint density at radius 2 is 2.11 bits per heavy atom. The molecule has 0 saturated carbocycles. The number of aryl methyl sites for hydroxylation is 1. The van der Waals surface area contributed by atoms with Gasteiger partial charge in [0.15, 0.2) is 0 Å². The molecule has 0 bridgehead atoms. The predicted molar refractivity (Wildman–Crippen MR) is 57.1 cm³/mol. The highest BCUT2D eigenvalue weighted by atomic mass is 19.4. The van der Waals surface area contributed by atoms with E-state index in [0.29, 0.717) is 5.39 Å². The Morgan fingerprint density at radius 1 is 1.44 bits per heavy atom. The molecule has 0 aliphatic carbocycles. The van der Waals surface area contributed by atoms with Crippen LogP contribution in [0.25, 0.3) is 10.9 Å². The molecule has 0 unspecified atom stereocenters. The van der Waals surface area contributed by atoms with Gasteiger partial charge in [-0.15, -0.1) is 0 Å². The van der Waals surface area contributed by atoms with E-state index < -0.39 is 17.7 Å². The minimum Gasteiger partial charge on any atom is -0.481 e. The first-order valence-corrected chi connectivity index (χ1v) is 5.03. The van der Waals surface area contributed by atoms with Crippen molar-refractivity contribution < 1.29 is 23.1 Å². The van der Waals surface area contributed by atoms with Crippen molar-refractivity contribution in [2.45, 2.75) is 12.6 Å². The summed E-state index contributed by atoms with van der Waals surface area (Å²) in [6.45, 7) is 0. The van der Waals surface area contributed by atoms with Gasteiger partial charge in [-0.3, -0.25) is 9.48 Å². The van der Waals surface area contributed by atoms with Crippen molar-refractivity contribution in [3.8, 4) is 0 Å². The minimum atomic E-state index is -4.43. The standard InChI is InChI=1S/C11H9F3N2O2/c1-16-9-4-6(11(12,13)14)2-3-7(9)8(15-16)5-10(17)18/h2-4H,5H2,1H3,(H,17,18). The van der Waals surface area contributed by atoms with Crippen molar-refractivity contribution >= 4 is 16.9 Å². The van der Waals surface area contributed by atoms with Crippen LogP contribution >= 0.6 is 0 Å². The number of hydrogen-bond acceptors (Lipinski definition) is 2. The van der Waals surface area contributed by atoms with Crippen LogP contribution < -0.4 is 0 Å². The molecular weight excluding hydrogens is 249 g/mol. The highest BCUT2D eigenvalue weighted by molar-refractivity contribution is 5.86. The van der Waals surface area contributed by atoms with Crippen LogP contribution in [0, 0.1) is 0 Å². The van der Waals surface area contributed by atoms with E-state index in [9.17, 15) is 18.0 Å². The number of aliphatic carboxylic acids is 1. The average molecular weight is 258 g/mol. The summed E-state index contributed by atoms with van der Waals surface area (Å²) in [5.74, 6) is -1.07. The Hall–Kier alpha value is -2.05. The number of carbonyl (C=O) groups is 1. The number of halogens is 3. The fraction of sp³-hybridized carbons (Fsp3) is 0.273. The van der Waals surface area contributed by atoms with E-state index in [1.54, 1.807) is 0 Å². The third-order valence-electron chi connectivity index (χ3n) is 2.57. The number of benzene rings is 1. The molecule has 0 aliphatic rings. The molecule has 0 aliphatic heterocycles. The van der Waals surface area contributed by atoms with Gasteiger partial charge >= 0.3 is 12.1 Å². The van der Waals surface area contributed by atoms with Gasteiger partial charge in [0, 0.05) is 12.4 Å². The first kappa shape index (κ1) is 12.4. The quantitative estimate of drug-likeness (QED) is 0.898. The molecule has 96 valence electrons. The van der Waals surface area contributed by atoms with Crippen molar-refractivity contribution in [2.24, 2.45) is 7.05 Å². The largest absolute Gasteiger partial charge is 0.481 e. The lowest BCUT2D eigenvalue weighted by Gasteiger charge is -2.06. The lowest BCUT2D eigenvalue weighted by molar-refractivity contribution is -0.138. The summed E-state index contributed by atoms with van der Waals surface area (Å²) in [5, 5.41) is 13.0. The Bertz CT molecular complexity index is 617. The van der Waals surface area contributed by atoms with Crippen LogP contribution in [0.5, 0.6) is 0 Å². The van der Waals surface area contributed by atoms with Crippen molar-refractivity contribution in [3.05, 3.63) is 29.5 Å². The highest BCUT2D eigenvalue weighted by Crippen LogP contribution is 2.32. The van der Waals surface area contributed by atoms with Crippen LogP contribution in [0.4, 0.5) is 13.2 Å². The van der Waals surface area contributed by atoms with E-state index in [1.807, 2.05) is 0 Å². The van der Waals surface area contributed by atoms with Gasteiger partial charge in [-0.1, -0.05) is 6.07 Å². The Kier molecular flexibility index (Phi) is 2.76. The van der Waals surface area contributed by atoms with E-state index >= 15 is 0 Å². The van der Waals surface area contributed by atoms with E-state index in [-0.39, 0.29) is 17.6 Å². The van der Waals surface area contributed by atoms with Crippen molar-refractivity contribution in [3.63, 3.8) is 0 Å². The van der Waals surface area contributed by atoms with Gasteiger partial charge in [0.25, 0.3) is 0 Å². The first-order valence-electron chi connectivity index (χ1n) is 5.03. The molecule has 0 fully saturated rings. The summed E-state index contributed by atoms with van der Waals surface area (Å²) in [6.07, 6.45) is -4.74. The molecule has 0 atom stereocenters. The maximum absolute atomic E-state index is 12.5. The maximum atomic E-state index is 12.5.